The Labute approximate surface area is 137 Å². The zero-order valence-corrected chi connectivity index (χ0v) is 14.6. The standard InChI is InChI=1S/C19H35NO2/c1-3-4-5-6-7-8-9-10-11-12-13-14-15-16-17-18-19(21)22-20-2/h7-8,10-11,20H,3-6,9,12-18H2,1-2H3/b8-7-,11-10-. The Balaban J connectivity index is 3.22. The number of hydroxylamine groups is 1. The van der Waals surface area contributed by atoms with Crippen LogP contribution in [-0.2, 0) is 9.63 Å². The van der Waals surface area contributed by atoms with Gasteiger partial charge in [0.1, 0.15) is 0 Å². The van der Waals surface area contributed by atoms with Gasteiger partial charge in [0.15, 0.2) is 0 Å². The summed E-state index contributed by atoms with van der Waals surface area (Å²) in [5.74, 6) is -0.159. The van der Waals surface area contributed by atoms with Crippen LogP contribution in [0, 0.1) is 0 Å². The van der Waals surface area contributed by atoms with Gasteiger partial charge in [-0.2, -0.15) is 5.48 Å². The summed E-state index contributed by atoms with van der Waals surface area (Å²) in [4.78, 5) is 15.7. The van der Waals surface area contributed by atoms with Crippen LogP contribution in [0.1, 0.15) is 84.0 Å². The molecule has 0 spiro atoms. The van der Waals surface area contributed by atoms with Crippen molar-refractivity contribution in [2.24, 2.45) is 0 Å². The summed E-state index contributed by atoms with van der Waals surface area (Å²) in [6.07, 6.45) is 22.8. The Hall–Kier alpha value is -1.09. The minimum absolute atomic E-state index is 0.159. The third-order valence-corrected chi connectivity index (χ3v) is 3.55. The molecule has 0 fully saturated rings. The molecule has 3 nitrogen and oxygen atoms in total. The van der Waals surface area contributed by atoms with E-state index in [2.05, 4.69) is 41.5 Å². The van der Waals surface area contributed by atoms with Gasteiger partial charge in [-0.3, -0.25) is 4.79 Å². The first kappa shape index (κ1) is 20.9. The van der Waals surface area contributed by atoms with E-state index in [1.807, 2.05) is 0 Å². The molecule has 1 N–H and O–H groups in total. The van der Waals surface area contributed by atoms with E-state index in [0.29, 0.717) is 6.42 Å². The van der Waals surface area contributed by atoms with Gasteiger partial charge >= 0.3 is 5.97 Å². The molecular formula is C19H35NO2. The average molecular weight is 309 g/mol. The predicted molar refractivity (Wildman–Crippen MR) is 94.5 cm³/mol. The van der Waals surface area contributed by atoms with Gasteiger partial charge in [-0.05, 0) is 38.5 Å². The van der Waals surface area contributed by atoms with Crippen LogP contribution in [0.2, 0.25) is 0 Å². The first-order chi connectivity index (χ1) is 10.8. The lowest BCUT2D eigenvalue weighted by Gasteiger charge is -2.01. The van der Waals surface area contributed by atoms with Crippen LogP contribution >= 0.6 is 0 Å². The Morgan fingerprint density at radius 3 is 2.09 bits per heavy atom. The lowest BCUT2D eigenvalue weighted by molar-refractivity contribution is -0.150. The van der Waals surface area contributed by atoms with E-state index < -0.39 is 0 Å². The Morgan fingerprint density at radius 1 is 0.864 bits per heavy atom. The van der Waals surface area contributed by atoms with Gasteiger partial charge < -0.3 is 4.84 Å². The van der Waals surface area contributed by atoms with Crippen molar-refractivity contribution in [2.75, 3.05) is 7.05 Å². The van der Waals surface area contributed by atoms with E-state index in [-0.39, 0.29) is 5.97 Å². The van der Waals surface area contributed by atoms with Crippen molar-refractivity contribution < 1.29 is 9.63 Å². The molecule has 0 amide bonds. The second-order valence-electron chi connectivity index (χ2n) is 5.66. The lowest BCUT2D eigenvalue weighted by atomic mass is 10.1. The number of unbranched alkanes of at least 4 members (excludes halogenated alkanes) is 8. The highest BCUT2D eigenvalue weighted by molar-refractivity contribution is 5.68. The van der Waals surface area contributed by atoms with Gasteiger partial charge in [0.05, 0.1) is 0 Å². The van der Waals surface area contributed by atoms with Crippen molar-refractivity contribution in [3.05, 3.63) is 24.3 Å². The normalized spacial score (nSPS) is 11.5. The van der Waals surface area contributed by atoms with Gasteiger partial charge in [0.2, 0.25) is 0 Å². The third kappa shape index (κ3) is 17.0. The molecule has 0 aromatic carbocycles. The molecule has 0 saturated carbocycles. The van der Waals surface area contributed by atoms with Gasteiger partial charge in [0.25, 0.3) is 0 Å². The van der Waals surface area contributed by atoms with Crippen molar-refractivity contribution >= 4 is 5.97 Å². The fraction of sp³-hybridized carbons (Fsp3) is 0.737. The third-order valence-electron chi connectivity index (χ3n) is 3.55. The summed E-state index contributed by atoms with van der Waals surface area (Å²) in [7, 11) is 1.60. The molecule has 0 bridgehead atoms. The highest BCUT2D eigenvalue weighted by atomic mass is 16.7. The molecular weight excluding hydrogens is 274 g/mol. The van der Waals surface area contributed by atoms with Crippen LogP contribution in [0.25, 0.3) is 0 Å². The molecule has 0 aliphatic carbocycles. The van der Waals surface area contributed by atoms with Crippen molar-refractivity contribution in [1.29, 1.82) is 0 Å². The highest BCUT2D eigenvalue weighted by Gasteiger charge is 2.00. The van der Waals surface area contributed by atoms with Gasteiger partial charge in [-0.1, -0.05) is 63.3 Å². The molecule has 0 heterocycles. The number of hydrogen-bond acceptors (Lipinski definition) is 3. The van der Waals surface area contributed by atoms with Crippen molar-refractivity contribution in [3.63, 3.8) is 0 Å². The number of carbonyl (C=O) groups is 1. The Morgan fingerprint density at radius 2 is 1.45 bits per heavy atom. The van der Waals surface area contributed by atoms with Crippen molar-refractivity contribution in [2.45, 2.75) is 84.0 Å². The second-order valence-corrected chi connectivity index (χ2v) is 5.66. The van der Waals surface area contributed by atoms with Crippen LogP contribution in [-0.4, -0.2) is 13.0 Å². The number of rotatable bonds is 15. The maximum atomic E-state index is 11.1. The van der Waals surface area contributed by atoms with Crippen LogP contribution in [0.15, 0.2) is 24.3 Å². The first-order valence-corrected chi connectivity index (χ1v) is 8.97. The highest BCUT2D eigenvalue weighted by Crippen LogP contribution is 2.08. The molecule has 0 aliphatic heterocycles. The molecule has 0 radical (unpaired) electrons. The molecule has 0 aromatic rings. The number of nitrogens with one attached hydrogen (secondary N) is 1. The molecule has 0 aromatic heterocycles. The largest absolute Gasteiger partial charge is 0.371 e. The molecule has 0 rings (SSSR count). The quantitative estimate of drug-likeness (QED) is 0.247. The van der Waals surface area contributed by atoms with Gasteiger partial charge in [0, 0.05) is 13.5 Å². The monoisotopic (exact) mass is 309 g/mol. The van der Waals surface area contributed by atoms with E-state index in [1.54, 1.807) is 7.05 Å². The minimum atomic E-state index is -0.159. The second kappa shape index (κ2) is 18.0. The Kier molecular flexibility index (Phi) is 17.1. The maximum absolute atomic E-state index is 11.1. The molecule has 0 atom stereocenters. The minimum Gasteiger partial charge on any atom is -0.371 e. The summed E-state index contributed by atoms with van der Waals surface area (Å²) in [5, 5.41) is 0. The molecule has 22 heavy (non-hydrogen) atoms. The lowest BCUT2D eigenvalue weighted by Crippen LogP contribution is -2.14. The molecule has 0 aliphatic rings. The summed E-state index contributed by atoms with van der Waals surface area (Å²) in [5.41, 5.74) is 2.41. The Bertz CT molecular complexity index is 298. The number of allylic oxidation sites excluding steroid dienone is 4. The molecule has 0 saturated heterocycles. The summed E-state index contributed by atoms with van der Waals surface area (Å²) >= 11 is 0. The van der Waals surface area contributed by atoms with Crippen molar-refractivity contribution in [3.8, 4) is 0 Å². The molecule has 0 unspecified atom stereocenters. The van der Waals surface area contributed by atoms with E-state index in [4.69, 9.17) is 0 Å². The van der Waals surface area contributed by atoms with E-state index in [0.717, 1.165) is 19.3 Å². The SMILES string of the molecule is CCCCC/C=C\C/C=C\CCCCCCCC(=O)ONC. The van der Waals surface area contributed by atoms with Crippen LogP contribution in [0.4, 0.5) is 0 Å². The molecule has 3 heteroatoms. The zero-order chi connectivity index (χ0) is 16.3. The fourth-order valence-electron chi connectivity index (χ4n) is 2.25. The average Bonchev–Trinajstić information content (AvgIpc) is 2.51. The fourth-order valence-corrected chi connectivity index (χ4v) is 2.25. The van der Waals surface area contributed by atoms with E-state index >= 15 is 0 Å². The zero-order valence-electron chi connectivity index (χ0n) is 14.6. The van der Waals surface area contributed by atoms with Gasteiger partial charge in [-0.25, -0.2) is 0 Å². The van der Waals surface area contributed by atoms with Gasteiger partial charge in [-0.15, -0.1) is 0 Å². The van der Waals surface area contributed by atoms with E-state index in [9.17, 15) is 4.79 Å². The number of carbonyl (C=O) groups excluding carboxylic acids is 1. The smallest absolute Gasteiger partial charge is 0.324 e. The first-order valence-electron chi connectivity index (χ1n) is 8.97. The van der Waals surface area contributed by atoms with Crippen LogP contribution in [0.3, 0.4) is 0 Å². The van der Waals surface area contributed by atoms with Crippen molar-refractivity contribution in [1.82, 2.24) is 5.48 Å². The van der Waals surface area contributed by atoms with E-state index in [1.165, 1.54) is 51.4 Å². The van der Waals surface area contributed by atoms with Crippen LogP contribution < -0.4 is 5.48 Å². The summed E-state index contributed by atoms with van der Waals surface area (Å²) in [6, 6.07) is 0. The molecule has 128 valence electrons. The maximum Gasteiger partial charge on any atom is 0.324 e. The number of hydrogen-bond donors (Lipinski definition) is 1. The summed E-state index contributed by atoms with van der Waals surface area (Å²) < 4.78 is 0. The predicted octanol–water partition coefficient (Wildman–Crippen LogP) is 5.48. The summed E-state index contributed by atoms with van der Waals surface area (Å²) in [6.45, 7) is 2.24. The van der Waals surface area contributed by atoms with Crippen LogP contribution in [0.5, 0.6) is 0 Å². The topological polar surface area (TPSA) is 38.3 Å².